The fraction of sp³-hybridized carbons (Fsp3) is 0.923. The number of hydrogen-bond acceptors (Lipinski definition) is 5. The van der Waals surface area contributed by atoms with Gasteiger partial charge in [-0.1, -0.05) is 13.8 Å². The Bertz CT molecular complexity index is 453. The molecule has 0 aromatic heterocycles. The second-order valence-corrected chi connectivity index (χ2v) is 9.25. The Morgan fingerprint density at radius 1 is 1.45 bits per heavy atom. The Labute approximate surface area is 125 Å². The van der Waals surface area contributed by atoms with Crippen molar-refractivity contribution in [3.8, 4) is 0 Å². The third-order valence-corrected chi connectivity index (χ3v) is 7.44. The maximum Gasteiger partial charge on any atom is 0.240 e. The fourth-order valence-corrected chi connectivity index (χ4v) is 5.79. The molecule has 2 saturated heterocycles. The van der Waals surface area contributed by atoms with E-state index >= 15 is 0 Å². The van der Waals surface area contributed by atoms with E-state index in [2.05, 4.69) is 12.2 Å². The van der Waals surface area contributed by atoms with Crippen molar-refractivity contribution in [2.75, 3.05) is 30.3 Å². The quantitative estimate of drug-likeness (QED) is 0.830. The molecule has 116 valence electrons. The minimum atomic E-state index is -3.21. The van der Waals surface area contributed by atoms with Crippen LogP contribution in [-0.4, -0.2) is 61.0 Å². The molecular weight excluding hydrogens is 296 g/mol. The minimum Gasteiger partial charge on any atom is -0.323 e. The molecule has 20 heavy (non-hydrogen) atoms. The Morgan fingerprint density at radius 3 is 2.85 bits per heavy atom. The van der Waals surface area contributed by atoms with Gasteiger partial charge in [-0.25, -0.2) is 8.42 Å². The van der Waals surface area contributed by atoms with Crippen LogP contribution in [0.4, 0.5) is 0 Å². The SMILES string of the molecule is CCS(=O)(=O)C1CSCCN1C(=O)C1CC(C)CCN1. The summed E-state index contributed by atoms with van der Waals surface area (Å²) in [6.45, 7) is 5.18. The van der Waals surface area contributed by atoms with E-state index in [0.717, 1.165) is 25.1 Å². The lowest BCUT2D eigenvalue weighted by Crippen LogP contribution is -2.57. The Morgan fingerprint density at radius 2 is 2.20 bits per heavy atom. The van der Waals surface area contributed by atoms with E-state index in [1.165, 1.54) is 0 Å². The molecule has 2 fully saturated rings. The predicted octanol–water partition coefficient (Wildman–Crippen LogP) is 0.711. The summed E-state index contributed by atoms with van der Waals surface area (Å²) in [7, 11) is -3.21. The molecule has 0 radical (unpaired) electrons. The molecule has 7 heteroatoms. The third-order valence-electron chi connectivity index (χ3n) is 4.15. The molecule has 5 nitrogen and oxygen atoms in total. The van der Waals surface area contributed by atoms with Crippen molar-refractivity contribution < 1.29 is 13.2 Å². The molecule has 3 atom stereocenters. The molecule has 0 spiro atoms. The second kappa shape index (κ2) is 6.66. The summed E-state index contributed by atoms with van der Waals surface area (Å²) in [6, 6.07) is -0.212. The molecule has 3 unspecified atom stereocenters. The summed E-state index contributed by atoms with van der Waals surface area (Å²) >= 11 is 1.62. The summed E-state index contributed by atoms with van der Waals surface area (Å²) < 4.78 is 24.4. The van der Waals surface area contributed by atoms with Crippen LogP contribution in [0.1, 0.15) is 26.7 Å². The summed E-state index contributed by atoms with van der Waals surface area (Å²) in [4.78, 5) is 14.3. The van der Waals surface area contributed by atoms with Crippen LogP contribution in [0.3, 0.4) is 0 Å². The van der Waals surface area contributed by atoms with Crippen molar-refractivity contribution in [2.24, 2.45) is 5.92 Å². The summed E-state index contributed by atoms with van der Waals surface area (Å²) in [5.74, 6) is 1.91. The lowest BCUT2D eigenvalue weighted by atomic mass is 9.93. The van der Waals surface area contributed by atoms with Gasteiger partial charge in [-0.15, -0.1) is 0 Å². The molecule has 0 saturated carbocycles. The van der Waals surface area contributed by atoms with Gasteiger partial charge in [0.25, 0.3) is 0 Å². The molecule has 1 N–H and O–H groups in total. The molecular formula is C13H24N2O3S2. The van der Waals surface area contributed by atoms with Crippen LogP contribution >= 0.6 is 11.8 Å². The van der Waals surface area contributed by atoms with Crippen molar-refractivity contribution in [1.82, 2.24) is 10.2 Å². The highest BCUT2D eigenvalue weighted by molar-refractivity contribution is 8.01. The molecule has 0 aromatic rings. The molecule has 2 heterocycles. The number of piperidine rings is 1. The minimum absolute atomic E-state index is 0.0288. The van der Waals surface area contributed by atoms with E-state index in [9.17, 15) is 13.2 Å². The van der Waals surface area contributed by atoms with Gasteiger partial charge in [0.05, 0.1) is 6.04 Å². The number of amides is 1. The van der Waals surface area contributed by atoms with Crippen LogP contribution in [0.2, 0.25) is 0 Å². The van der Waals surface area contributed by atoms with Crippen molar-refractivity contribution in [3.63, 3.8) is 0 Å². The summed E-state index contributed by atoms with van der Waals surface area (Å²) in [6.07, 6.45) is 1.89. The third kappa shape index (κ3) is 3.49. The van der Waals surface area contributed by atoms with Gasteiger partial charge >= 0.3 is 0 Å². The largest absolute Gasteiger partial charge is 0.323 e. The van der Waals surface area contributed by atoms with E-state index in [0.29, 0.717) is 18.2 Å². The van der Waals surface area contributed by atoms with Gasteiger partial charge in [-0.05, 0) is 25.3 Å². The van der Waals surface area contributed by atoms with Gasteiger partial charge in [-0.2, -0.15) is 11.8 Å². The first-order valence-electron chi connectivity index (χ1n) is 7.29. The first kappa shape index (κ1) is 16.1. The zero-order valence-electron chi connectivity index (χ0n) is 12.2. The monoisotopic (exact) mass is 320 g/mol. The predicted molar refractivity (Wildman–Crippen MR) is 82.5 cm³/mol. The molecule has 0 bridgehead atoms. The average molecular weight is 320 g/mol. The van der Waals surface area contributed by atoms with Crippen molar-refractivity contribution >= 4 is 27.5 Å². The summed E-state index contributed by atoms with van der Waals surface area (Å²) in [5, 5.41) is 2.60. The van der Waals surface area contributed by atoms with E-state index in [-0.39, 0.29) is 17.7 Å². The maximum atomic E-state index is 12.7. The van der Waals surface area contributed by atoms with E-state index < -0.39 is 15.2 Å². The number of carbonyl (C=O) groups is 1. The average Bonchev–Trinajstić information content (AvgIpc) is 2.46. The standard InChI is InChI=1S/C13H24N2O3S2/c1-3-20(17,18)12-9-19-7-6-15(12)13(16)11-8-10(2)4-5-14-11/h10-12,14H,3-9H2,1-2H3. The van der Waals surface area contributed by atoms with Gasteiger partial charge in [0, 0.05) is 23.8 Å². The van der Waals surface area contributed by atoms with Gasteiger partial charge in [-0.3, -0.25) is 4.79 Å². The van der Waals surface area contributed by atoms with Gasteiger partial charge in [0.15, 0.2) is 9.84 Å². The van der Waals surface area contributed by atoms with Crippen LogP contribution in [0.5, 0.6) is 0 Å². The molecule has 1 amide bonds. The molecule has 2 rings (SSSR count). The van der Waals surface area contributed by atoms with Gasteiger partial charge in [0.1, 0.15) is 5.37 Å². The van der Waals surface area contributed by atoms with Crippen LogP contribution < -0.4 is 5.32 Å². The highest BCUT2D eigenvalue weighted by Crippen LogP contribution is 2.24. The number of nitrogens with one attached hydrogen (secondary N) is 1. The highest BCUT2D eigenvalue weighted by atomic mass is 32.2. The lowest BCUT2D eigenvalue weighted by molar-refractivity contribution is -0.134. The number of sulfone groups is 1. The first-order valence-corrected chi connectivity index (χ1v) is 10.2. The molecule has 0 aliphatic carbocycles. The topological polar surface area (TPSA) is 66.5 Å². The lowest BCUT2D eigenvalue weighted by Gasteiger charge is -2.38. The second-order valence-electron chi connectivity index (χ2n) is 5.65. The molecule has 2 aliphatic rings. The van der Waals surface area contributed by atoms with Crippen molar-refractivity contribution in [2.45, 2.75) is 38.1 Å². The number of thioether (sulfide) groups is 1. The van der Waals surface area contributed by atoms with Gasteiger partial charge < -0.3 is 10.2 Å². The maximum absolute atomic E-state index is 12.7. The van der Waals surface area contributed by atoms with Crippen molar-refractivity contribution in [1.29, 1.82) is 0 Å². The van der Waals surface area contributed by atoms with E-state index in [4.69, 9.17) is 0 Å². The Balaban J connectivity index is 2.13. The van der Waals surface area contributed by atoms with Crippen LogP contribution in [0.15, 0.2) is 0 Å². The number of nitrogens with zero attached hydrogens (tertiary/aromatic N) is 1. The smallest absolute Gasteiger partial charge is 0.240 e. The van der Waals surface area contributed by atoms with Crippen LogP contribution in [0, 0.1) is 5.92 Å². The normalized spacial score (nSPS) is 32.1. The van der Waals surface area contributed by atoms with Crippen LogP contribution in [-0.2, 0) is 14.6 Å². The number of carbonyl (C=O) groups excluding carboxylic acids is 1. The van der Waals surface area contributed by atoms with Gasteiger partial charge in [0.2, 0.25) is 5.91 Å². The molecule has 2 aliphatic heterocycles. The molecule has 0 aromatic carbocycles. The zero-order valence-corrected chi connectivity index (χ0v) is 13.8. The van der Waals surface area contributed by atoms with E-state index in [1.807, 2.05) is 0 Å². The van der Waals surface area contributed by atoms with E-state index in [1.54, 1.807) is 23.6 Å². The zero-order chi connectivity index (χ0) is 14.8. The van der Waals surface area contributed by atoms with Crippen molar-refractivity contribution in [3.05, 3.63) is 0 Å². The van der Waals surface area contributed by atoms with Crippen LogP contribution in [0.25, 0.3) is 0 Å². The Hall–Kier alpha value is -0.270. The Kier molecular flexibility index (Phi) is 5.36. The fourth-order valence-electron chi connectivity index (χ4n) is 2.82. The first-order chi connectivity index (χ1) is 9.45. The summed E-state index contributed by atoms with van der Waals surface area (Å²) in [5.41, 5.74) is 0. The highest BCUT2D eigenvalue weighted by Gasteiger charge is 2.39. The number of rotatable bonds is 3. The number of hydrogen-bond donors (Lipinski definition) is 1.